The maximum atomic E-state index is 11.4. The summed E-state index contributed by atoms with van der Waals surface area (Å²) in [6, 6.07) is 17.7. The molecule has 1 aromatic heterocycles. The van der Waals surface area contributed by atoms with E-state index in [0.717, 1.165) is 31.3 Å². The molecule has 0 amide bonds. The number of methoxy groups -OCH3 is 1. The lowest BCUT2D eigenvalue weighted by Gasteiger charge is -2.22. The number of carbonyl (C=O) groups is 1. The molecule has 0 saturated heterocycles. The number of phenolic OH excluding ortho intramolecular Hbond substituents is 1. The Morgan fingerprint density at radius 3 is 2.39 bits per heavy atom. The van der Waals surface area contributed by atoms with Crippen LogP contribution in [0.4, 0.5) is 0 Å². The van der Waals surface area contributed by atoms with Crippen LogP contribution in [0.1, 0.15) is 38.3 Å². The van der Waals surface area contributed by atoms with Gasteiger partial charge in [0.15, 0.2) is 5.75 Å². The number of hydrogen-bond acceptors (Lipinski definition) is 5. The lowest BCUT2D eigenvalue weighted by molar-refractivity contribution is -0.140. The minimum Gasteiger partial charge on any atom is -0.505 e. The van der Waals surface area contributed by atoms with Crippen LogP contribution in [0, 0.1) is 3.57 Å². The molecule has 0 atom stereocenters. The van der Waals surface area contributed by atoms with Crippen LogP contribution in [0.3, 0.4) is 0 Å². The van der Waals surface area contributed by atoms with Crippen molar-refractivity contribution in [1.29, 1.82) is 0 Å². The molecule has 7 heteroatoms. The molecule has 0 saturated carbocycles. The number of phenols is 1. The maximum absolute atomic E-state index is 11.4. The minimum absolute atomic E-state index is 0.125. The van der Waals surface area contributed by atoms with E-state index >= 15 is 0 Å². The number of esters is 1. The van der Waals surface area contributed by atoms with Crippen molar-refractivity contribution in [2.24, 2.45) is 0 Å². The number of carbonyl (C=O) groups excluding carboxylic acids is 1. The number of ether oxygens (including phenoxy) is 1. The molecule has 4 aromatic rings. The average molecular weight is 555 g/mol. The molecule has 0 radical (unpaired) electrons. The zero-order valence-corrected chi connectivity index (χ0v) is 21.3. The lowest BCUT2D eigenvalue weighted by Crippen LogP contribution is -2.13. The van der Waals surface area contributed by atoms with Crippen LogP contribution in [-0.2, 0) is 21.4 Å². The number of aryl methyl sites for hydroxylation is 1. The van der Waals surface area contributed by atoms with Gasteiger partial charge in [0.05, 0.1) is 7.11 Å². The molecule has 1 heterocycles. The van der Waals surface area contributed by atoms with Crippen molar-refractivity contribution in [2.75, 3.05) is 7.11 Å². The van der Waals surface area contributed by atoms with E-state index in [9.17, 15) is 9.90 Å². The fourth-order valence-electron chi connectivity index (χ4n) is 3.62. The Labute approximate surface area is 206 Å². The summed E-state index contributed by atoms with van der Waals surface area (Å²) in [5, 5.41) is 20.5. The van der Waals surface area contributed by atoms with Crippen molar-refractivity contribution >= 4 is 39.6 Å². The molecular formula is C26H26IN3O3. The monoisotopic (exact) mass is 555 g/mol. The van der Waals surface area contributed by atoms with E-state index in [-0.39, 0.29) is 17.1 Å². The third-order valence-electron chi connectivity index (χ3n) is 5.62. The maximum Gasteiger partial charge on any atom is 0.305 e. The Balaban J connectivity index is 1.79. The van der Waals surface area contributed by atoms with Crippen molar-refractivity contribution in [3.63, 3.8) is 0 Å². The summed E-state index contributed by atoms with van der Waals surface area (Å²) in [7, 11) is 1.40. The topological polar surface area (TPSA) is 77.2 Å². The number of benzene rings is 3. The van der Waals surface area contributed by atoms with E-state index in [1.54, 1.807) is 0 Å². The Morgan fingerprint density at radius 2 is 1.73 bits per heavy atom. The van der Waals surface area contributed by atoms with Gasteiger partial charge in [-0.15, -0.1) is 15.0 Å². The Morgan fingerprint density at radius 1 is 1.03 bits per heavy atom. The summed E-state index contributed by atoms with van der Waals surface area (Å²) in [5.74, 6) is -0.103. The quantitative estimate of drug-likeness (QED) is 0.249. The zero-order valence-electron chi connectivity index (χ0n) is 19.1. The molecule has 1 N–H and O–H groups in total. The number of fused-ring (bicyclic) bond motifs is 1. The first-order valence-electron chi connectivity index (χ1n) is 10.7. The number of hydrogen-bond donors (Lipinski definition) is 1. The third-order valence-corrected chi connectivity index (χ3v) is 6.30. The van der Waals surface area contributed by atoms with Gasteiger partial charge in [0, 0.05) is 15.6 Å². The van der Waals surface area contributed by atoms with E-state index < -0.39 is 0 Å². The molecule has 0 unspecified atom stereocenters. The van der Waals surface area contributed by atoms with Crippen molar-refractivity contribution in [1.82, 2.24) is 15.0 Å². The highest BCUT2D eigenvalue weighted by atomic mass is 127. The summed E-state index contributed by atoms with van der Waals surface area (Å²) >= 11 is 2.25. The number of nitrogens with zero attached hydrogens (tertiary/aromatic N) is 3. The van der Waals surface area contributed by atoms with E-state index in [1.807, 2.05) is 54.6 Å². The van der Waals surface area contributed by atoms with Crippen molar-refractivity contribution in [3.05, 3.63) is 69.3 Å². The molecule has 0 spiro atoms. The van der Waals surface area contributed by atoms with Gasteiger partial charge >= 0.3 is 5.97 Å². The fraction of sp³-hybridized carbons (Fsp3) is 0.269. The Hall–Kier alpha value is -2.94. The average Bonchev–Trinajstić information content (AvgIpc) is 3.20. The molecule has 170 valence electrons. The van der Waals surface area contributed by atoms with Crippen molar-refractivity contribution in [3.8, 4) is 22.6 Å². The van der Waals surface area contributed by atoms with Crippen LogP contribution in [0.5, 0.6) is 5.75 Å². The van der Waals surface area contributed by atoms with Crippen LogP contribution < -0.4 is 0 Å². The normalized spacial score (nSPS) is 11.7. The minimum atomic E-state index is -0.229. The van der Waals surface area contributed by atoms with Gasteiger partial charge in [-0.3, -0.25) is 4.79 Å². The van der Waals surface area contributed by atoms with Crippen LogP contribution in [0.2, 0.25) is 0 Å². The van der Waals surface area contributed by atoms with Crippen LogP contribution in [-0.4, -0.2) is 33.2 Å². The van der Waals surface area contributed by atoms with Crippen molar-refractivity contribution < 1.29 is 14.6 Å². The number of rotatable bonds is 5. The first-order valence-corrected chi connectivity index (χ1v) is 11.8. The smallest absolute Gasteiger partial charge is 0.305 e. The summed E-state index contributed by atoms with van der Waals surface area (Å²) < 4.78 is 5.80. The van der Waals surface area contributed by atoms with Gasteiger partial charge in [0.25, 0.3) is 0 Å². The third kappa shape index (κ3) is 5.03. The van der Waals surface area contributed by atoms with Crippen molar-refractivity contribution in [2.45, 2.75) is 39.0 Å². The van der Waals surface area contributed by atoms with Gasteiger partial charge in [-0.05, 0) is 81.4 Å². The first-order chi connectivity index (χ1) is 15.7. The summed E-state index contributed by atoms with van der Waals surface area (Å²) in [6.07, 6.45) is 0.941. The second-order valence-corrected chi connectivity index (χ2v) is 10.3. The molecule has 0 bridgehead atoms. The van der Waals surface area contributed by atoms with Gasteiger partial charge in [-0.2, -0.15) is 0 Å². The summed E-state index contributed by atoms with van der Waals surface area (Å²) in [5.41, 5.74) is 5.65. The van der Waals surface area contributed by atoms with Gasteiger partial charge in [0.1, 0.15) is 16.7 Å². The standard InChI is InChI=1S/C26H26IN3O3/c1-26(2,3)18-13-20(17-8-5-16(6-9-17)7-12-24(31)33-4)25(32)23(14-18)30-28-21-11-10-19(27)15-22(21)29-30/h5-6,8-11,13-15,32H,7,12H2,1-4H3. The molecular weight excluding hydrogens is 529 g/mol. The number of halogens is 1. The highest BCUT2D eigenvalue weighted by Crippen LogP contribution is 2.39. The van der Waals surface area contributed by atoms with Gasteiger partial charge in [-0.25, -0.2) is 0 Å². The molecule has 0 aliphatic carbocycles. The molecule has 4 rings (SSSR count). The highest BCUT2D eigenvalue weighted by molar-refractivity contribution is 14.1. The molecule has 6 nitrogen and oxygen atoms in total. The number of aromatic hydroxyl groups is 1. The van der Waals surface area contributed by atoms with Gasteiger partial charge < -0.3 is 9.84 Å². The molecule has 3 aromatic carbocycles. The lowest BCUT2D eigenvalue weighted by atomic mass is 9.84. The molecule has 0 aliphatic heterocycles. The summed E-state index contributed by atoms with van der Waals surface area (Å²) in [4.78, 5) is 12.9. The fourth-order valence-corrected chi connectivity index (χ4v) is 4.09. The van der Waals surface area contributed by atoms with Gasteiger partial charge in [-0.1, -0.05) is 45.0 Å². The molecule has 0 fully saturated rings. The van der Waals surface area contributed by atoms with Crippen LogP contribution >= 0.6 is 22.6 Å². The van der Waals surface area contributed by atoms with Crippen LogP contribution in [0.25, 0.3) is 27.8 Å². The number of aromatic nitrogens is 3. The predicted octanol–water partition coefficient (Wildman–Crippen LogP) is 5.80. The molecule has 0 aliphatic rings. The van der Waals surface area contributed by atoms with E-state index in [0.29, 0.717) is 24.1 Å². The summed E-state index contributed by atoms with van der Waals surface area (Å²) in [6.45, 7) is 6.41. The first kappa shape index (κ1) is 23.2. The predicted molar refractivity (Wildman–Crippen MR) is 138 cm³/mol. The highest BCUT2D eigenvalue weighted by Gasteiger charge is 2.22. The largest absolute Gasteiger partial charge is 0.505 e. The Bertz CT molecular complexity index is 1320. The van der Waals surface area contributed by atoms with E-state index in [2.05, 4.69) is 53.6 Å². The second kappa shape index (κ2) is 9.13. The molecule has 33 heavy (non-hydrogen) atoms. The van der Waals surface area contributed by atoms with Crippen LogP contribution in [0.15, 0.2) is 54.6 Å². The zero-order chi connectivity index (χ0) is 23.8. The second-order valence-electron chi connectivity index (χ2n) is 9.04. The van der Waals surface area contributed by atoms with E-state index in [4.69, 9.17) is 4.74 Å². The SMILES string of the molecule is COC(=O)CCc1ccc(-c2cc(C(C)(C)C)cc(-n3nc4ccc(I)cc4n3)c2O)cc1. The Kier molecular flexibility index (Phi) is 6.43. The van der Waals surface area contributed by atoms with Gasteiger partial charge in [0.2, 0.25) is 0 Å². The van der Waals surface area contributed by atoms with E-state index in [1.165, 1.54) is 11.9 Å².